The maximum Gasteiger partial charge on any atom is 0.337 e. The highest BCUT2D eigenvalue weighted by atomic mass is 32.1. The lowest BCUT2D eigenvalue weighted by molar-refractivity contribution is -0.115. The molecule has 3 aromatic rings. The molecule has 3 aromatic carbocycles. The molecule has 0 aliphatic carbocycles. The number of esters is 1. The Balaban J connectivity index is 1.60. The summed E-state index contributed by atoms with van der Waals surface area (Å²) in [5, 5.41) is 7.84. The summed E-state index contributed by atoms with van der Waals surface area (Å²) in [7, 11) is 1.32. The molecular formula is C22H18N2O3S. The first-order chi connectivity index (χ1) is 13.6. The van der Waals surface area contributed by atoms with Crippen molar-refractivity contribution in [3.05, 3.63) is 83.9 Å². The van der Waals surface area contributed by atoms with Crippen molar-refractivity contribution in [1.29, 1.82) is 0 Å². The molecule has 0 aliphatic rings. The topological polar surface area (TPSA) is 67.4 Å². The van der Waals surface area contributed by atoms with Crippen LogP contribution in [-0.4, -0.2) is 24.1 Å². The molecule has 140 valence electrons. The number of carbonyl (C=O) groups is 2. The van der Waals surface area contributed by atoms with Crippen LogP contribution in [0.4, 0.5) is 5.69 Å². The smallest absolute Gasteiger partial charge is 0.337 e. The minimum absolute atomic E-state index is 0.165. The number of fused-ring (bicyclic) bond motifs is 1. The van der Waals surface area contributed by atoms with Crippen LogP contribution in [0.25, 0.3) is 16.8 Å². The molecule has 0 atom stereocenters. The van der Waals surface area contributed by atoms with E-state index in [0.29, 0.717) is 11.3 Å². The van der Waals surface area contributed by atoms with Crippen LogP contribution in [0.5, 0.6) is 0 Å². The molecule has 5 nitrogen and oxygen atoms in total. The molecule has 0 bridgehead atoms. The molecule has 3 rings (SSSR count). The second-order valence-electron chi connectivity index (χ2n) is 5.91. The molecule has 0 saturated carbocycles. The van der Waals surface area contributed by atoms with E-state index in [2.05, 4.69) is 15.4 Å². The molecule has 1 amide bonds. The van der Waals surface area contributed by atoms with Crippen molar-refractivity contribution in [3.8, 4) is 0 Å². The van der Waals surface area contributed by atoms with Crippen LogP contribution in [0.1, 0.15) is 15.9 Å². The van der Waals surface area contributed by atoms with Gasteiger partial charge in [0.1, 0.15) is 0 Å². The molecule has 0 spiro atoms. The Bertz CT molecular complexity index is 1050. The first kappa shape index (κ1) is 19.3. The van der Waals surface area contributed by atoms with Crippen molar-refractivity contribution in [3.63, 3.8) is 0 Å². The quantitative estimate of drug-likeness (QED) is 0.398. The standard InChI is InChI=1S/C22H18N2O3S/c1-27-21(26)17-9-12-18(13-10-17)23-22(28)24-20(25)14-11-16-7-4-6-15-5-2-3-8-19(15)16/h2-14H,1H3,(H2,23,24,25,28). The molecule has 0 saturated heterocycles. The van der Waals surface area contributed by atoms with Crippen molar-refractivity contribution < 1.29 is 14.3 Å². The van der Waals surface area contributed by atoms with Gasteiger partial charge in [-0.05, 0) is 58.9 Å². The first-order valence-corrected chi connectivity index (χ1v) is 8.94. The summed E-state index contributed by atoms with van der Waals surface area (Å²) in [4.78, 5) is 23.6. The van der Waals surface area contributed by atoms with Gasteiger partial charge in [0.15, 0.2) is 5.11 Å². The molecule has 0 unspecified atom stereocenters. The first-order valence-electron chi connectivity index (χ1n) is 8.53. The fourth-order valence-electron chi connectivity index (χ4n) is 2.68. The van der Waals surface area contributed by atoms with Crippen molar-refractivity contribution in [2.24, 2.45) is 0 Å². The number of ether oxygens (including phenoxy) is 1. The van der Waals surface area contributed by atoms with Gasteiger partial charge in [-0.1, -0.05) is 42.5 Å². The Morgan fingerprint density at radius 2 is 1.68 bits per heavy atom. The lowest BCUT2D eigenvalue weighted by Crippen LogP contribution is -2.32. The molecule has 0 aliphatic heterocycles. The fourth-order valence-corrected chi connectivity index (χ4v) is 2.90. The van der Waals surface area contributed by atoms with Gasteiger partial charge in [-0.25, -0.2) is 4.79 Å². The maximum absolute atomic E-state index is 12.1. The number of nitrogens with one attached hydrogen (secondary N) is 2. The normalized spacial score (nSPS) is 10.6. The molecule has 28 heavy (non-hydrogen) atoms. The van der Waals surface area contributed by atoms with Gasteiger partial charge in [-0.2, -0.15) is 0 Å². The molecule has 2 N–H and O–H groups in total. The number of benzene rings is 3. The minimum atomic E-state index is -0.416. The highest BCUT2D eigenvalue weighted by Gasteiger charge is 2.06. The monoisotopic (exact) mass is 390 g/mol. The van der Waals surface area contributed by atoms with Crippen LogP contribution in [0.3, 0.4) is 0 Å². The third-order valence-corrected chi connectivity index (χ3v) is 4.24. The van der Waals surface area contributed by atoms with E-state index >= 15 is 0 Å². The Morgan fingerprint density at radius 1 is 0.964 bits per heavy atom. The van der Waals surface area contributed by atoms with Gasteiger partial charge in [0.2, 0.25) is 5.91 Å². The van der Waals surface area contributed by atoms with E-state index in [9.17, 15) is 9.59 Å². The highest BCUT2D eigenvalue weighted by Crippen LogP contribution is 2.19. The average Bonchev–Trinajstić information content (AvgIpc) is 2.72. The molecule has 0 heterocycles. The van der Waals surface area contributed by atoms with Gasteiger partial charge >= 0.3 is 5.97 Å². The van der Waals surface area contributed by atoms with E-state index in [1.165, 1.54) is 13.2 Å². The van der Waals surface area contributed by atoms with E-state index in [1.54, 1.807) is 30.3 Å². The average molecular weight is 390 g/mol. The Morgan fingerprint density at radius 3 is 2.43 bits per heavy atom. The summed E-state index contributed by atoms with van der Waals surface area (Å²) < 4.78 is 4.65. The summed E-state index contributed by atoms with van der Waals surface area (Å²) in [6, 6.07) is 20.5. The molecular weight excluding hydrogens is 372 g/mol. The molecule has 6 heteroatoms. The lowest BCUT2D eigenvalue weighted by Gasteiger charge is -2.08. The molecule has 0 fully saturated rings. The van der Waals surface area contributed by atoms with E-state index in [0.717, 1.165) is 16.3 Å². The van der Waals surface area contributed by atoms with Crippen LogP contribution in [0.2, 0.25) is 0 Å². The Labute approximate surface area is 168 Å². The summed E-state index contributed by atoms with van der Waals surface area (Å²) in [5.74, 6) is -0.752. The van der Waals surface area contributed by atoms with E-state index < -0.39 is 5.97 Å². The van der Waals surface area contributed by atoms with E-state index in [-0.39, 0.29) is 11.0 Å². The molecule has 0 aromatic heterocycles. The van der Waals surface area contributed by atoms with Gasteiger partial charge < -0.3 is 10.1 Å². The zero-order valence-electron chi connectivity index (χ0n) is 15.1. The number of anilines is 1. The minimum Gasteiger partial charge on any atom is -0.465 e. The largest absolute Gasteiger partial charge is 0.465 e. The van der Waals surface area contributed by atoms with Crippen molar-refractivity contribution in [1.82, 2.24) is 5.32 Å². The zero-order valence-corrected chi connectivity index (χ0v) is 16.0. The van der Waals surface area contributed by atoms with Gasteiger partial charge in [-0.3, -0.25) is 10.1 Å². The summed E-state index contributed by atoms with van der Waals surface area (Å²) in [6.07, 6.45) is 3.20. The Kier molecular flexibility index (Phi) is 6.14. The number of methoxy groups -OCH3 is 1. The summed E-state index contributed by atoms with van der Waals surface area (Å²) in [5.41, 5.74) is 2.03. The fraction of sp³-hybridized carbons (Fsp3) is 0.0455. The second-order valence-corrected chi connectivity index (χ2v) is 6.32. The predicted molar refractivity (Wildman–Crippen MR) is 115 cm³/mol. The van der Waals surface area contributed by atoms with Crippen LogP contribution >= 0.6 is 12.2 Å². The van der Waals surface area contributed by atoms with Crippen molar-refractivity contribution >= 4 is 51.7 Å². The SMILES string of the molecule is COC(=O)c1ccc(NC(=S)NC(=O)C=Cc2cccc3ccccc23)cc1. The number of hydrogen-bond acceptors (Lipinski definition) is 4. The summed E-state index contributed by atoms with van der Waals surface area (Å²) >= 11 is 5.16. The van der Waals surface area contributed by atoms with Crippen LogP contribution < -0.4 is 10.6 Å². The second kappa shape index (κ2) is 8.92. The van der Waals surface area contributed by atoms with Gasteiger partial charge in [0.05, 0.1) is 12.7 Å². The Hall–Kier alpha value is -3.51. The van der Waals surface area contributed by atoms with Gasteiger partial charge in [0, 0.05) is 11.8 Å². The number of carbonyl (C=O) groups excluding carboxylic acids is 2. The lowest BCUT2D eigenvalue weighted by atomic mass is 10.0. The van der Waals surface area contributed by atoms with E-state index in [1.807, 2.05) is 42.5 Å². The summed E-state index contributed by atoms with van der Waals surface area (Å²) in [6.45, 7) is 0. The predicted octanol–water partition coefficient (Wildman–Crippen LogP) is 4.15. The number of hydrogen-bond donors (Lipinski definition) is 2. The highest BCUT2D eigenvalue weighted by molar-refractivity contribution is 7.80. The molecule has 0 radical (unpaired) electrons. The zero-order chi connectivity index (χ0) is 19.9. The maximum atomic E-state index is 12.1. The third-order valence-electron chi connectivity index (χ3n) is 4.04. The van der Waals surface area contributed by atoms with Gasteiger partial charge in [0.25, 0.3) is 0 Å². The van der Waals surface area contributed by atoms with E-state index in [4.69, 9.17) is 12.2 Å². The van der Waals surface area contributed by atoms with Crippen LogP contribution in [0, 0.1) is 0 Å². The number of thiocarbonyl (C=S) groups is 1. The van der Waals surface area contributed by atoms with Gasteiger partial charge in [-0.15, -0.1) is 0 Å². The van der Waals surface area contributed by atoms with Crippen LogP contribution in [-0.2, 0) is 9.53 Å². The number of amides is 1. The van der Waals surface area contributed by atoms with Crippen LogP contribution in [0.15, 0.2) is 72.8 Å². The van der Waals surface area contributed by atoms with Crippen molar-refractivity contribution in [2.45, 2.75) is 0 Å². The number of rotatable bonds is 4. The van der Waals surface area contributed by atoms with Crippen molar-refractivity contribution in [2.75, 3.05) is 12.4 Å². The third kappa shape index (κ3) is 4.81.